The highest BCUT2D eigenvalue weighted by Crippen LogP contribution is 2.45. The number of aromatic nitrogens is 11. The molecule has 28 aromatic rings. The summed E-state index contributed by atoms with van der Waals surface area (Å²) >= 11 is 0. The van der Waals surface area contributed by atoms with Gasteiger partial charge in [-0.1, -0.05) is 382 Å². The molecule has 0 N–H and O–H groups in total. The second kappa shape index (κ2) is 35.3. The number of rotatable bonds is 14. The molecule has 0 bridgehead atoms. The van der Waals surface area contributed by atoms with Crippen molar-refractivity contribution in [2.24, 2.45) is 0 Å². The van der Waals surface area contributed by atoms with Crippen molar-refractivity contribution < 1.29 is 4.42 Å². The molecule has 141 heavy (non-hydrogen) atoms. The maximum Gasteiger partial charge on any atom is 0.238 e. The van der Waals surface area contributed by atoms with Gasteiger partial charge in [0.2, 0.25) is 5.95 Å². The molecule has 8 heterocycles. The number of nitrogens with zero attached hydrogens (tertiary/aromatic N) is 11. The van der Waals surface area contributed by atoms with Gasteiger partial charge in [-0.05, 0) is 177 Å². The normalized spacial score (nSPS) is 11.5. The molecule has 12 heteroatoms. The molecule has 0 fully saturated rings. The van der Waals surface area contributed by atoms with Crippen LogP contribution in [0.3, 0.4) is 0 Å². The Bertz CT molecular complexity index is 9430. The van der Waals surface area contributed by atoms with Crippen molar-refractivity contribution in [2.45, 2.75) is 0 Å². The SMILES string of the molecule is c1ccc(-c2ccc(-c3nc(-c4ccc(-c5ccccc5)cc4)nc(-n4c5ccccc5c5ccccc54)n3)cc2)cc1.c1ccc(-c2cccc(-c3cc(-n4c5ccccc5c5cc(-c6ccc7c(c6)c6ccccc6n7-c6ccccc6)ccc54)nc4ccccc34)c2)cc1.c1ccc(-c2nc(-c3ccccc3)nc(-c3ccc(-n4c5ccccc5c5ccc6c7ccccc7oc6c54)cc3)n2)cc1. The van der Waals surface area contributed by atoms with Crippen molar-refractivity contribution in [3.63, 3.8) is 0 Å². The summed E-state index contributed by atoms with van der Waals surface area (Å²) < 4.78 is 15.7. The van der Waals surface area contributed by atoms with E-state index in [1.165, 1.54) is 98.9 Å². The van der Waals surface area contributed by atoms with E-state index in [2.05, 4.69) is 437 Å². The van der Waals surface area contributed by atoms with E-state index in [1.807, 2.05) is 84.9 Å². The van der Waals surface area contributed by atoms with Crippen molar-refractivity contribution in [1.82, 2.24) is 53.2 Å². The summed E-state index contributed by atoms with van der Waals surface area (Å²) in [6.45, 7) is 0. The number of fused-ring (bicyclic) bond motifs is 17. The van der Waals surface area contributed by atoms with E-state index in [0.29, 0.717) is 35.1 Å². The minimum absolute atomic E-state index is 0.594. The molecule has 0 aliphatic carbocycles. The third-order valence-electron chi connectivity index (χ3n) is 27.1. The Hall–Kier alpha value is -19.2. The lowest BCUT2D eigenvalue weighted by Gasteiger charge is -2.14. The second-order valence-corrected chi connectivity index (χ2v) is 35.4. The van der Waals surface area contributed by atoms with Crippen molar-refractivity contribution in [3.05, 3.63) is 504 Å². The summed E-state index contributed by atoms with van der Waals surface area (Å²) in [6.07, 6.45) is 0. The summed E-state index contributed by atoms with van der Waals surface area (Å²) in [5.74, 6) is 4.69. The van der Waals surface area contributed by atoms with Crippen LogP contribution in [0.5, 0.6) is 0 Å². The van der Waals surface area contributed by atoms with E-state index in [1.54, 1.807) is 0 Å². The van der Waals surface area contributed by atoms with E-state index >= 15 is 0 Å². The van der Waals surface area contributed by atoms with Crippen molar-refractivity contribution in [2.75, 3.05) is 0 Å². The van der Waals surface area contributed by atoms with Crippen LogP contribution in [0, 0.1) is 0 Å². The first kappa shape index (κ1) is 82.5. The lowest BCUT2D eigenvalue weighted by Crippen LogP contribution is -2.06. The zero-order chi connectivity index (χ0) is 93.2. The lowest BCUT2D eigenvalue weighted by atomic mass is 9.96. The van der Waals surface area contributed by atoms with Crippen LogP contribution in [0.4, 0.5) is 0 Å². The standard InChI is InChI=1S/C51H33N3.C39H24N4O.C39H26N4/c1-3-14-34(15-4-1)35-16-13-17-38(30-35)43-33-51(52-46-23-10-7-20-40(43)46)54-48-25-12-9-22-42(48)45-32-37(27-29-50(45)54)36-26-28-49-44(31-36)41-21-8-11-24-47(41)53(49)39-18-5-2-6-19-39;1-3-11-25(12-4-1)37-40-38(26-13-5-2-6-14-26)42-39(41-37)27-19-21-28(22-20-27)43-33-17-9-7-15-29(33)31-23-24-32-30-16-8-10-18-34(30)44-36(32)35(31)43;1-3-11-27(12-4-1)29-19-23-31(24-20-29)37-40-38(32-25-21-30(22-26-32)28-13-5-2-6-14-28)42-39(41-37)43-35-17-9-7-15-33(35)34-16-8-10-18-36(34)43/h1-33H;1-24H;1-26H. The highest BCUT2D eigenvalue weighted by atomic mass is 16.3. The van der Waals surface area contributed by atoms with Crippen LogP contribution >= 0.6 is 0 Å². The predicted octanol–water partition coefficient (Wildman–Crippen LogP) is 32.9. The fraction of sp³-hybridized carbons (Fsp3) is 0. The van der Waals surface area contributed by atoms with Gasteiger partial charge in [-0.25, -0.2) is 24.9 Å². The number of hydrogen-bond donors (Lipinski definition) is 0. The van der Waals surface area contributed by atoms with Gasteiger partial charge in [-0.2, -0.15) is 9.97 Å². The zero-order valence-corrected chi connectivity index (χ0v) is 76.2. The van der Waals surface area contributed by atoms with Crippen LogP contribution in [-0.2, 0) is 0 Å². The van der Waals surface area contributed by atoms with Gasteiger partial charge >= 0.3 is 0 Å². The maximum atomic E-state index is 6.51. The molecule has 28 rings (SSSR count). The second-order valence-electron chi connectivity index (χ2n) is 35.4. The smallest absolute Gasteiger partial charge is 0.238 e. The van der Waals surface area contributed by atoms with Gasteiger partial charge in [-0.15, -0.1) is 0 Å². The maximum absolute atomic E-state index is 6.51. The van der Waals surface area contributed by atoms with Crippen LogP contribution in [0.15, 0.2) is 508 Å². The molecule has 0 saturated heterocycles. The highest BCUT2D eigenvalue weighted by Gasteiger charge is 2.25. The first-order chi connectivity index (χ1) is 69.9. The molecule has 0 saturated carbocycles. The minimum atomic E-state index is 0.594. The van der Waals surface area contributed by atoms with Crippen LogP contribution in [0.25, 0.3) is 256 Å². The Morgan fingerprint density at radius 2 is 0.475 bits per heavy atom. The molecule has 0 spiro atoms. The molecular formula is C129H83N11O. The fourth-order valence-corrected chi connectivity index (χ4v) is 20.4. The molecule has 0 radical (unpaired) electrons. The van der Waals surface area contributed by atoms with Gasteiger partial charge in [0, 0.05) is 98.4 Å². The van der Waals surface area contributed by atoms with Crippen LogP contribution in [0.1, 0.15) is 0 Å². The van der Waals surface area contributed by atoms with Crippen LogP contribution in [0.2, 0.25) is 0 Å². The number of para-hydroxylation sites is 8. The van der Waals surface area contributed by atoms with Crippen LogP contribution in [-0.4, -0.2) is 53.2 Å². The molecule has 0 unspecified atom stereocenters. The third-order valence-corrected chi connectivity index (χ3v) is 27.1. The van der Waals surface area contributed by atoms with Gasteiger partial charge in [-0.3, -0.25) is 9.13 Å². The van der Waals surface area contributed by atoms with Crippen LogP contribution < -0.4 is 0 Å². The number of pyridine rings is 1. The quantitative estimate of drug-likeness (QED) is 0.105. The first-order valence-electron chi connectivity index (χ1n) is 47.5. The molecule has 0 aliphatic heterocycles. The zero-order valence-electron chi connectivity index (χ0n) is 76.2. The van der Waals surface area contributed by atoms with Gasteiger partial charge in [0.05, 0.1) is 49.7 Å². The van der Waals surface area contributed by atoms with Gasteiger partial charge in [0.15, 0.2) is 34.7 Å². The molecule has 0 aliphatic rings. The Balaban J connectivity index is 0.000000110. The van der Waals surface area contributed by atoms with Gasteiger partial charge in [0.1, 0.15) is 11.4 Å². The number of hydrogen-bond acceptors (Lipinski definition) is 8. The molecule has 660 valence electrons. The summed E-state index contributed by atoms with van der Waals surface area (Å²) in [7, 11) is 0. The summed E-state index contributed by atoms with van der Waals surface area (Å²) in [5, 5.41) is 13.0. The highest BCUT2D eigenvalue weighted by molar-refractivity contribution is 6.22. The molecule has 20 aromatic carbocycles. The average molecular weight is 1800 g/mol. The molecular weight excluding hydrogens is 1720 g/mol. The Morgan fingerprint density at radius 1 is 0.163 bits per heavy atom. The average Bonchev–Trinajstić information content (AvgIpc) is 1.56. The summed E-state index contributed by atoms with van der Waals surface area (Å²) in [6, 6.07) is 176. The van der Waals surface area contributed by atoms with Crippen molar-refractivity contribution in [3.8, 4) is 136 Å². The van der Waals surface area contributed by atoms with Crippen molar-refractivity contribution in [1.29, 1.82) is 0 Å². The topological polar surface area (TPSA) is 123 Å². The van der Waals surface area contributed by atoms with E-state index < -0.39 is 0 Å². The summed E-state index contributed by atoms with van der Waals surface area (Å²) in [5.41, 5.74) is 30.4. The van der Waals surface area contributed by atoms with Gasteiger partial charge in [0.25, 0.3) is 0 Å². The largest absolute Gasteiger partial charge is 0.454 e. The monoisotopic (exact) mass is 1800 g/mol. The Morgan fingerprint density at radius 3 is 0.979 bits per heavy atom. The lowest BCUT2D eigenvalue weighted by molar-refractivity contribution is 0.671. The van der Waals surface area contributed by atoms with E-state index in [-0.39, 0.29) is 0 Å². The number of furan rings is 1. The first-order valence-corrected chi connectivity index (χ1v) is 47.5. The molecule has 0 amide bonds. The third kappa shape index (κ3) is 15.0. The minimum Gasteiger partial charge on any atom is -0.454 e. The van der Waals surface area contributed by atoms with E-state index in [4.69, 9.17) is 39.3 Å². The predicted molar refractivity (Wildman–Crippen MR) is 580 cm³/mol. The molecule has 12 nitrogen and oxygen atoms in total. The summed E-state index contributed by atoms with van der Waals surface area (Å²) in [4.78, 5) is 35.2. The Kier molecular flexibility index (Phi) is 20.6. The van der Waals surface area contributed by atoms with E-state index in [0.717, 1.165) is 122 Å². The van der Waals surface area contributed by atoms with Gasteiger partial charge < -0.3 is 13.6 Å². The Labute approximate surface area is 811 Å². The molecule has 8 aromatic heterocycles. The fourth-order valence-electron chi connectivity index (χ4n) is 20.4. The number of benzene rings is 20. The van der Waals surface area contributed by atoms with Crippen molar-refractivity contribution >= 4 is 120 Å². The van der Waals surface area contributed by atoms with E-state index in [9.17, 15) is 0 Å². The molecule has 0 atom stereocenters.